The fraction of sp³-hybridized carbons (Fsp3) is 0.923. The van der Waals surface area contributed by atoms with Crippen LogP contribution in [0.25, 0.3) is 0 Å². The summed E-state index contributed by atoms with van der Waals surface area (Å²) >= 11 is 0. The van der Waals surface area contributed by atoms with Crippen LogP contribution in [0.4, 0.5) is 0 Å². The maximum absolute atomic E-state index is 12.4. The molecule has 0 radical (unpaired) electrons. The number of nitrogens with zero attached hydrogens (tertiary/aromatic N) is 1. The standard InChI is InChI=1S/C13H21NO2/c1-8-5-6-14(11(8)7-15)13(16)12-9-3-2-4-10(9)12/h8-12,15H,2-7H2,1H3. The van der Waals surface area contributed by atoms with E-state index in [1.54, 1.807) is 0 Å². The fourth-order valence-corrected chi connectivity index (χ4v) is 3.94. The van der Waals surface area contributed by atoms with Crippen LogP contribution in [0.2, 0.25) is 0 Å². The molecule has 0 aromatic carbocycles. The summed E-state index contributed by atoms with van der Waals surface area (Å²) in [5.41, 5.74) is 0. The lowest BCUT2D eigenvalue weighted by atomic mass is 10.0. The first-order valence-corrected chi connectivity index (χ1v) is 6.65. The van der Waals surface area contributed by atoms with Crippen molar-refractivity contribution in [2.45, 2.75) is 38.6 Å². The zero-order valence-corrected chi connectivity index (χ0v) is 9.93. The Kier molecular flexibility index (Phi) is 2.46. The van der Waals surface area contributed by atoms with Gasteiger partial charge < -0.3 is 10.0 Å². The maximum atomic E-state index is 12.4. The highest BCUT2D eigenvalue weighted by atomic mass is 16.3. The average Bonchev–Trinajstić information content (AvgIpc) is 2.66. The van der Waals surface area contributed by atoms with Crippen LogP contribution in [0.3, 0.4) is 0 Å². The Labute approximate surface area is 96.8 Å². The van der Waals surface area contributed by atoms with Crippen LogP contribution in [-0.2, 0) is 4.79 Å². The van der Waals surface area contributed by atoms with Crippen LogP contribution in [0.15, 0.2) is 0 Å². The highest BCUT2D eigenvalue weighted by molar-refractivity contribution is 5.83. The first-order chi connectivity index (χ1) is 7.74. The van der Waals surface area contributed by atoms with Crippen LogP contribution in [0.5, 0.6) is 0 Å². The van der Waals surface area contributed by atoms with Gasteiger partial charge in [0.25, 0.3) is 0 Å². The number of carbonyl (C=O) groups is 1. The Balaban J connectivity index is 1.67. The minimum absolute atomic E-state index is 0.0915. The molecule has 2 saturated carbocycles. The molecule has 4 unspecified atom stereocenters. The summed E-state index contributed by atoms with van der Waals surface area (Å²) in [4.78, 5) is 14.3. The Bertz CT molecular complexity index is 294. The molecule has 16 heavy (non-hydrogen) atoms. The van der Waals surface area contributed by atoms with Crippen LogP contribution in [-0.4, -0.2) is 35.1 Å². The first-order valence-electron chi connectivity index (χ1n) is 6.65. The predicted molar refractivity (Wildman–Crippen MR) is 60.7 cm³/mol. The largest absolute Gasteiger partial charge is 0.394 e. The summed E-state index contributed by atoms with van der Waals surface area (Å²) in [5, 5.41) is 9.37. The lowest BCUT2D eigenvalue weighted by Gasteiger charge is -2.26. The number of aliphatic hydroxyl groups excluding tert-OH is 1. The summed E-state index contributed by atoms with van der Waals surface area (Å²) in [6.45, 7) is 3.14. The highest BCUT2D eigenvalue weighted by Crippen LogP contribution is 2.58. The van der Waals surface area contributed by atoms with E-state index in [0.717, 1.165) is 13.0 Å². The smallest absolute Gasteiger partial charge is 0.226 e. The van der Waals surface area contributed by atoms with E-state index in [0.29, 0.717) is 29.6 Å². The van der Waals surface area contributed by atoms with Crippen molar-refractivity contribution in [3.63, 3.8) is 0 Å². The van der Waals surface area contributed by atoms with Gasteiger partial charge in [-0.1, -0.05) is 13.3 Å². The molecule has 3 aliphatic rings. The molecule has 0 spiro atoms. The third-order valence-electron chi connectivity index (χ3n) is 5.04. The molecule has 1 saturated heterocycles. The van der Waals surface area contributed by atoms with Gasteiger partial charge in [0.05, 0.1) is 12.6 Å². The molecule has 1 amide bonds. The topological polar surface area (TPSA) is 40.5 Å². The van der Waals surface area contributed by atoms with E-state index in [1.807, 2.05) is 4.90 Å². The number of amides is 1. The average molecular weight is 223 g/mol. The molecule has 3 fully saturated rings. The van der Waals surface area contributed by atoms with E-state index in [9.17, 15) is 9.90 Å². The Morgan fingerprint density at radius 3 is 2.62 bits per heavy atom. The van der Waals surface area contributed by atoms with Crippen molar-refractivity contribution < 1.29 is 9.90 Å². The Morgan fingerprint density at radius 1 is 1.31 bits per heavy atom. The zero-order chi connectivity index (χ0) is 11.3. The van der Waals surface area contributed by atoms with Crippen LogP contribution < -0.4 is 0 Å². The van der Waals surface area contributed by atoms with Gasteiger partial charge in [-0.25, -0.2) is 0 Å². The van der Waals surface area contributed by atoms with E-state index >= 15 is 0 Å². The van der Waals surface area contributed by atoms with E-state index in [2.05, 4.69) is 6.92 Å². The minimum atomic E-state index is 0.0915. The van der Waals surface area contributed by atoms with Crippen LogP contribution >= 0.6 is 0 Å². The third kappa shape index (κ3) is 1.41. The van der Waals surface area contributed by atoms with Gasteiger partial charge in [0.2, 0.25) is 5.91 Å². The predicted octanol–water partition coefficient (Wildman–Crippen LogP) is 1.26. The number of carbonyl (C=O) groups excluding carboxylic acids is 1. The highest BCUT2D eigenvalue weighted by Gasteiger charge is 2.58. The number of aliphatic hydroxyl groups is 1. The van der Waals surface area contributed by atoms with Crippen molar-refractivity contribution in [3.05, 3.63) is 0 Å². The van der Waals surface area contributed by atoms with Gasteiger partial charge in [-0.05, 0) is 37.0 Å². The van der Waals surface area contributed by atoms with E-state index in [1.165, 1.54) is 19.3 Å². The molecule has 3 heteroatoms. The van der Waals surface area contributed by atoms with Crippen LogP contribution in [0, 0.1) is 23.7 Å². The molecule has 1 aliphatic heterocycles. The second-order valence-electron chi connectivity index (χ2n) is 5.83. The summed E-state index contributed by atoms with van der Waals surface area (Å²) in [6, 6.07) is 0.0915. The van der Waals surface area contributed by atoms with Gasteiger partial charge in [0.15, 0.2) is 0 Å². The summed E-state index contributed by atoms with van der Waals surface area (Å²) < 4.78 is 0. The molecule has 3 nitrogen and oxygen atoms in total. The van der Waals surface area contributed by atoms with Gasteiger partial charge in [-0.2, -0.15) is 0 Å². The molecule has 1 N–H and O–H groups in total. The molecule has 4 atom stereocenters. The van der Waals surface area contributed by atoms with E-state index in [4.69, 9.17) is 0 Å². The molecule has 0 bridgehead atoms. The summed E-state index contributed by atoms with van der Waals surface area (Å²) in [5.74, 6) is 2.53. The van der Waals surface area contributed by atoms with Crippen molar-refractivity contribution in [1.29, 1.82) is 0 Å². The fourth-order valence-electron chi connectivity index (χ4n) is 3.94. The number of rotatable bonds is 2. The minimum Gasteiger partial charge on any atom is -0.394 e. The summed E-state index contributed by atoms with van der Waals surface area (Å²) in [6.07, 6.45) is 4.89. The summed E-state index contributed by atoms with van der Waals surface area (Å²) in [7, 11) is 0. The second-order valence-corrected chi connectivity index (χ2v) is 5.83. The lowest BCUT2D eigenvalue weighted by Crippen LogP contribution is -2.41. The van der Waals surface area contributed by atoms with Crippen molar-refractivity contribution in [2.75, 3.05) is 13.2 Å². The molecule has 2 aliphatic carbocycles. The molecule has 90 valence electrons. The monoisotopic (exact) mass is 223 g/mol. The molecule has 3 rings (SSSR count). The number of fused-ring (bicyclic) bond motifs is 1. The molecule has 0 aromatic rings. The van der Waals surface area contributed by atoms with Gasteiger partial charge in [0, 0.05) is 12.5 Å². The Morgan fingerprint density at radius 2 is 2.00 bits per heavy atom. The van der Waals surface area contributed by atoms with Gasteiger partial charge in [0.1, 0.15) is 0 Å². The van der Waals surface area contributed by atoms with Crippen molar-refractivity contribution in [2.24, 2.45) is 23.7 Å². The third-order valence-corrected chi connectivity index (χ3v) is 5.04. The lowest BCUT2D eigenvalue weighted by molar-refractivity contribution is -0.135. The van der Waals surface area contributed by atoms with E-state index < -0.39 is 0 Å². The molecular weight excluding hydrogens is 202 g/mol. The maximum Gasteiger partial charge on any atom is 0.226 e. The number of hydrogen-bond donors (Lipinski definition) is 1. The van der Waals surface area contributed by atoms with Crippen molar-refractivity contribution in [3.8, 4) is 0 Å². The first kappa shape index (κ1) is 10.6. The van der Waals surface area contributed by atoms with Crippen molar-refractivity contribution >= 4 is 5.91 Å². The quantitative estimate of drug-likeness (QED) is 0.765. The van der Waals surface area contributed by atoms with Gasteiger partial charge >= 0.3 is 0 Å². The molecule has 1 heterocycles. The zero-order valence-electron chi connectivity index (χ0n) is 9.93. The van der Waals surface area contributed by atoms with Crippen LogP contribution in [0.1, 0.15) is 32.6 Å². The van der Waals surface area contributed by atoms with E-state index in [-0.39, 0.29) is 12.6 Å². The molecule has 0 aromatic heterocycles. The van der Waals surface area contributed by atoms with Crippen molar-refractivity contribution in [1.82, 2.24) is 4.90 Å². The number of hydrogen-bond acceptors (Lipinski definition) is 2. The molecular formula is C13H21NO2. The number of likely N-dealkylation sites (tertiary alicyclic amines) is 1. The van der Waals surface area contributed by atoms with Gasteiger partial charge in [-0.3, -0.25) is 4.79 Å². The second kappa shape index (κ2) is 3.73. The SMILES string of the molecule is CC1CCN(C(=O)C2C3CCCC32)C1CO. The normalized spacial score (nSPS) is 45.9. The van der Waals surface area contributed by atoms with Gasteiger partial charge in [-0.15, -0.1) is 0 Å². The Hall–Kier alpha value is -0.570.